The highest BCUT2D eigenvalue weighted by atomic mass is 19.1. The highest BCUT2D eigenvalue weighted by Gasteiger charge is 2.37. The molecule has 3 nitrogen and oxygen atoms in total. The van der Waals surface area contributed by atoms with Crippen molar-refractivity contribution in [1.82, 2.24) is 4.90 Å². The Morgan fingerprint density at radius 1 is 1.41 bits per heavy atom. The van der Waals surface area contributed by atoms with Gasteiger partial charge in [-0.3, -0.25) is 4.90 Å². The Kier molecular flexibility index (Phi) is 2.95. The highest BCUT2D eigenvalue weighted by molar-refractivity contribution is 5.66. The van der Waals surface area contributed by atoms with Gasteiger partial charge in [-0.05, 0) is 18.2 Å². The van der Waals surface area contributed by atoms with Crippen LogP contribution in [0.25, 0.3) is 0 Å². The summed E-state index contributed by atoms with van der Waals surface area (Å²) in [6, 6.07) is 1.80. The van der Waals surface area contributed by atoms with Gasteiger partial charge < -0.3 is 5.11 Å². The van der Waals surface area contributed by atoms with Gasteiger partial charge in [0.15, 0.2) is 0 Å². The topological polar surface area (TPSA) is 40.5 Å². The average Bonchev–Trinajstić information content (AvgIpc) is 2.64. The van der Waals surface area contributed by atoms with Crippen molar-refractivity contribution in [1.29, 1.82) is 0 Å². The summed E-state index contributed by atoms with van der Waals surface area (Å²) < 4.78 is 39.7. The standard InChI is InChI=1S/C11H10F3NO2/c12-6-1-2-9(14)8(3-6)10-4-7(13)5-15(10)11(16)17/h1-3,7,10H,4-5H2,(H,16,17)/t7-,10-/m0/s1. The molecule has 1 aliphatic heterocycles. The van der Waals surface area contributed by atoms with E-state index in [4.69, 9.17) is 5.11 Å². The van der Waals surface area contributed by atoms with Crippen molar-refractivity contribution in [2.24, 2.45) is 0 Å². The predicted octanol–water partition coefficient (Wildman–Crippen LogP) is 2.73. The zero-order chi connectivity index (χ0) is 12.6. The van der Waals surface area contributed by atoms with Gasteiger partial charge in [0.1, 0.15) is 17.8 Å². The van der Waals surface area contributed by atoms with E-state index in [1.807, 2.05) is 0 Å². The van der Waals surface area contributed by atoms with Crippen molar-refractivity contribution in [2.75, 3.05) is 6.54 Å². The number of hydrogen-bond acceptors (Lipinski definition) is 1. The highest BCUT2D eigenvalue weighted by Crippen LogP contribution is 2.35. The minimum Gasteiger partial charge on any atom is -0.465 e. The fourth-order valence-electron chi connectivity index (χ4n) is 2.06. The van der Waals surface area contributed by atoms with Gasteiger partial charge in [-0.25, -0.2) is 18.0 Å². The van der Waals surface area contributed by atoms with Crippen LogP contribution in [0.5, 0.6) is 0 Å². The molecule has 1 fully saturated rings. The van der Waals surface area contributed by atoms with Crippen LogP contribution in [0.3, 0.4) is 0 Å². The lowest BCUT2D eigenvalue weighted by Gasteiger charge is -2.21. The minimum atomic E-state index is -1.35. The number of likely N-dealkylation sites (tertiary alicyclic amines) is 1. The van der Waals surface area contributed by atoms with E-state index in [1.165, 1.54) is 0 Å². The van der Waals surface area contributed by atoms with Gasteiger partial charge in [0, 0.05) is 12.0 Å². The number of amides is 1. The van der Waals surface area contributed by atoms with E-state index >= 15 is 0 Å². The SMILES string of the molecule is O=C(O)N1C[C@@H](F)C[C@H]1c1cc(F)ccc1F. The lowest BCUT2D eigenvalue weighted by atomic mass is 10.0. The first-order valence-electron chi connectivity index (χ1n) is 5.07. The first kappa shape index (κ1) is 11.8. The molecule has 92 valence electrons. The van der Waals surface area contributed by atoms with Gasteiger partial charge in [0.05, 0.1) is 12.6 Å². The minimum absolute atomic E-state index is 0.118. The van der Waals surface area contributed by atoms with Gasteiger partial charge in [-0.15, -0.1) is 0 Å². The molecule has 0 spiro atoms. The second-order valence-corrected chi connectivity index (χ2v) is 3.95. The Morgan fingerprint density at radius 2 is 2.12 bits per heavy atom. The number of halogens is 3. The van der Waals surface area contributed by atoms with E-state index in [-0.39, 0.29) is 18.5 Å². The fourth-order valence-corrected chi connectivity index (χ4v) is 2.06. The third-order valence-electron chi connectivity index (χ3n) is 2.81. The van der Waals surface area contributed by atoms with Crippen molar-refractivity contribution in [3.8, 4) is 0 Å². The Hall–Kier alpha value is -1.72. The van der Waals surface area contributed by atoms with Crippen molar-refractivity contribution < 1.29 is 23.1 Å². The second-order valence-electron chi connectivity index (χ2n) is 3.95. The number of rotatable bonds is 1. The van der Waals surface area contributed by atoms with Gasteiger partial charge in [-0.2, -0.15) is 0 Å². The van der Waals surface area contributed by atoms with Gasteiger partial charge in [0.25, 0.3) is 0 Å². The number of nitrogens with zero attached hydrogens (tertiary/aromatic N) is 1. The maximum absolute atomic E-state index is 13.5. The number of carbonyl (C=O) groups is 1. The molecule has 0 saturated carbocycles. The lowest BCUT2D eigenvalue weighted by Crippen LogP contribution is -2.30. The second kappa shape index (κ2) is 4.27. The van der Waals surface area contributed by atoms with Crippen LogP contribution in [-0.4, -0.2) is 28.8 Å². The van der Waals surface area contributed by atoms with Crippen LogP contribution in [0.2, 0.25) is 0 Å². The molecule has 17 heavy (non-hydrogen) atoms. The molecule has 2 rings (SSSR count). The van der Waals surface area contributed by atoms with Crippen molar-refractivity contribution in [2.45, 2.75) is 18.6 Å². The molecule has 6 heteroatoms. The van der Waals surface area contributed by atoms with Gasteiger partial charge in [-0.1, -0.05) is 0 Å². The molecular weight excluding hydrogens is 235 g/mol. The molecule has 1 aromatic carbocycles. The first-order chi connectivity index (χ1) is 7.99. The molecule has 0 aromatic heterocycles. The molecule has 1 amide bonds. The summed E-state index contributed by atoms with van der Waals surface area (Å²) >= 11 is 0. The van der Waals surface area contributed by atoms with Gasteiger partial charge in [0.2, 0.25) is 0 Å². The molecule has 1 N–H and O–H groups in total. The Bertz CT molecular complexity index is 452. The van der Waals surface area contributed by atoms with Crippen LogP contribution >= 0.6 is 0 Å². The molecule has 1 aromatic rings. The zero-order valence-electron chi connectivity index (χ0n) is 8.74. The Labute approximate surface area is 95.5 Å². The molecule has 0 radical (unpaired) electrons. The Balaban J connectivity index is 2.37. The predicted molar refractivity (Wildman–Crippen MR) is 53.3 cm³/mol. The summed E-state index contributed by atoms with van der Waals surface area (Å²) in [5, 5.41) is 8.87. The van der Waals surface area contributed by atoms with Crippen LogP contribution in [-0.2, 0) is 0 Å². The van der Waals surface area contributed by atoms with Crippen molar-refractivity contribution >= 4 is 6.09 Å². The van der Waals surface area contributed by atoms with Crippen LogP contribution < -0.4 is 0 Å². The normalized spacial score (nSPS) is 24.1. The van der Waals surface area contributed by atoms with E-state index < -0.39 is 29.9 Å². The maximum atomic E-state index is 13.5. The summed E-state index contributed by atoms with van der Waals surface area (Å²) in [7, 11) is 0. The smallest absolute Gasteiger partial charge is 0.407 e. The van der Waals surface area contributed by atoms with Gasteiger partial charge >= 0.3 is 6.09 Å². The van der Waals surface area contributed by atoms with E-state index in [1.54, 1.807) is 0 Å². The molecule has 1 heterocycles. The molecule has 0 unspecified atom stereocenters. The van der Waals surface area contributed by atoms with Crippen LogP contribution in [0, 0.1) is 11.6 Å². The lowest BCUT2D eigenvalue weighted by molar-refractivity contribution is 0.137. The summed E-state index contributed by atoms with van der Waals surface area (Å²) in [5.74, 6) is -1.40. The van der Waals surface area contributed by atoms with Crippen LogP contribution in [0.15, 0.2) is 18.2 Å². The molecule has 1 aliphatic rings. The summed E-state index contributed by atoms with van der Waals surface area (Å²) in [4.78, 5) is 11.7. The van der Waals surface area contributed by atoms with E-state index in [0.717, 1.165) is 23.1 Å². The number of benzene rings is 1. The van der Waals surface area contributed by atoms with Crippen LogP contribution in [0.4, 0.5) is 18.0 Å². The molecular formula is C11H10F3NO2. The van der Waals surface area contributed by atoms with Crippen LogP contribution in [0.1, 0.15) is 18.0 Å². The monoisotopic (exact) mass is 245 g/mol. The van der Waals surface area contributed by atoms with Crippen molar-refractivity contribution in [3.63, 3.8) is 0 Å². The summed E-state index contributed by atoms with van der Waals surface area (Å²) in [6.07, 6.45) is -2.83. The molecule has 0 bridgehead atoms. The third-order valence-corrected chi connectivity index (χ3v) is 2.81. The molecule has 0 aliphatic carbocycles. The maximum Gasteiger partial charge on any atom is 0.407 e. The summed E-state index contributed by atoms with van der Waals surface area (Å²) in [6.45, 7) is -0.310. The van der Waals surface area contributed by atoms with E-state index in [9.17, 15) is 18.0 Å². The molecule has 1 saturated heterocycles. The zero-order valence-corrected chi connectivity index (χ0v) is 8.74. The van der Waals surface area contributed by atoms with E-state index in [0.29, 0.717) is 0 Å². The molecule has 2 atom stereocenters. The Morgan fingerprint density at radius 3 is 2.76 bits per heavy atom. The number of alkyl halides is 1. The third kappa shape index (κ3) is 2.20. The van der Waals surface area contributed by atoms with Crippen molar-refractivity contribution in [3.05, 3.63) is 35.4 Å². The average molecular weight is 245 g/mol. The first-order valence-corrected chi connectivity index (χ1v) is 5.07. The quantitative estimate of drug-likeness (QED) is 0.826. The largest absolute Gasteiger partial charge is 0.465 e. The summed E-state index contributed by atoms with van der Waals surface area (Å²) in [5.41, 5.74) is -0.118. The fraction of sp³-hybridized carbons (Fsp3) is 0.364. The number of hydrogen-bond donors (Lipinski definition) is 1. The number of carboxylic acid groups (broad SMARTS) is 1. The van der Waals surface area contributed by atoms with E-state index in [2.05, 4.69) is 0 Å².